The Bertz CT molecular complexity index is 413. The fraction of sp³-hybridized carbons (Fsp3) is 0.562. The van der Waals surface area contributed by atoms with E-state index < -0.39 is 0 Å². The number of rotatable bonds is 4. The number of carbonyl (C=O) groups is 1. The molecule has 104 valence electrons. The van der Waals surface area contributed by atoms with E-state index >= 15 is 0 Å². The Balaban J connectivity index is 1.85. The molecule has 1 saturated carbocycles. The van der Waals surface area contributed by atoms with Gasteiger partial charge in [-0.3, -0.25) is 4.79 Å². The van der Waals surface area contributed by atoms with E-state index in [1.807, 2.05) is 0 Å². The third-order valence-electron chi connectivity index (χ3n) is 4.05. The molecule has 19 heavy (non-hydrogen) atoms. The van der Waals surface area contributed by atoms with Gasteiger partial charge in [0.2, 0.25) is 5.91 Å². The van der Waals surface area contributed by atoms with Crippen molar-refractivity contribution in [3.8, 4) is 0 Å². The van der Waals surface area contributed by atoms with Gasteiger partial charge in [-0.1, -0.05) is 44.0 Å². The molecule has 1 amide bonds. The summed E-state index contributed by atoms with van der Waals surface area (Å²) in [6.07, 6.45) is 5.23. The van der Waals surface area contributed by atoms with Gasteiger partial charge in [0.1, 0.15) is 0 Å². The van der Waals surface area contributed by atoms with Crippen LogP contribution in [-0.4, -0.2) is 11.9 Å². The Morgan fingerprint density at radius 1 is 1.21 bits per heavy atom. The Labute approximate surface area is 115 Å². The van der Waals surface area contributed by atoms with Crippen molar-refractivity contribution >= 4 is 5.91 Å². The zero-order valence-corrected chi connectivity index (χ0v) is 11.7. The monoisotopic (exact) mass is 260 g/mol. The van der Waals surface area contributed by atoms with E-state index in [1.54, 1.807) is 0 Å². The van der Waals surface area contributed by atoms with Crippen molar-refractivity contribution in [2.24, 2.45) is 11.7 Å². The fourth-order valence-electron chi connectivity index (χ4n) is 2.70. The van der Waals surface area contributed by atoms with Crippen LogP contribution in [0, 0.1) is 5.92 Å². The topological polar surface area (TPSA) is 55.1 Å². The van der Waals surface area contributed by atoms with E-state index in [-0.39, 0.29) is 17.9 Å². The molecule has 2 unspecified atom stereocenters. The average molecular weight is 260 g/mol. The predicted octanol–water partition coefficient (Wildman–Crippen LogP) is 2.38. The average Bonchev–Trinajstić information content (AvgIpc) is 2.46. The molecule has 0 aromatic heterocycles. The lowest BCUT2D eigenvalue weighted by Gasteiger charge is -2.27. The van der Waals surface area contributed by atoms with E-state index in [9.17, 15) is 4.79 Å². The van der Waals surface area contributed by atoms with Crippen LogP contribution in [0.2, 0.25) is 0 Å². The normalized spacial score (nSPS) is 23.1. The van der Waals surface area contributed by atoms with Gasteiger partial charge in [0.05, 0.1) is 5.92 Å². The van der Waals surface area contributed by atoms with Gasteiger partial charge < -0.3 is 11.1 Å². The summed E-state index contributed by atoms with van der Waals surface area (Å²) in [5.74, 6) is 0.121. The van der Waals surface area contributed by atoms with E-state index in [4.69, 9.17) is 5.73 Å². The van der Waals surface area contributed by atoms with Crippen LogP contribution in [0.25, 0.3) is 0 Å². The summed E-state index contributed by atoms with van der Waals surface area (Å²) in [7, 11) is 0. The van der Waals surface area contributed by atoms with Crippen molar-refractivity contribution in [1.29, 1.82) is 0 Å². The van der Waals surface area contributed by atoms with Crippen molar-refractivity contribution in [3.05, 3.63) is 35.4 Å². The van der Waals surface area contributed by atoms with Crippen LogP contribution in [0.1, 0.15) is 43.7 Å². The van der Waals surface area contributed by atoms with Crippen LogP contribution in [0.4, 0.5) is 0 Å². The Morgan fingerprint density at radius 2 is 1.84 bits per heavy atom. The first-order valence-corrected chi connectivity index (χ1v) is 7.32. The number of benzene rings is 1. The van der Waals surface area contributed by atoms with E-state index in [0.717, 1.165) is 37.7 Å². The molecule has 1 aromatic carbocycles. The van der Waals surface area contributed by atoms with Gasteiger partial charge in [-0.05, 0) is 30.4 Å². The minimum Gasteiger partial charge on any atom is -0.352 e. The molecule has 1 fully saturated rings. The Hall–Kier alpha value is -1.35. The molecular formula is C16H24N2O. The minimum atomic E-state index is 0.00339. The molecule has 1 aliphatic carbocycles. The van der Waals surface area contributed by atoms with Gasteiger partial charge >= 0.3 is 0 Å². The van der Waals surface area contributed by atoms with Crippen molar-refractivity contribution in [2.75, 3.05) is 0 Å². The lowest BCUT2D eigenvalue weighted by Crippen LogP contribution is -2.43. The minimum absolute atomic E-state index is 0.00339. The summed E-state index contributed by atoms with van der Waals surface area (Å²) in [6, 6.07) is 8.44. The summed E-state index contributed by atoms with van der Waals surface area (Å²) < 4.78 is 0. The summed E-state index contributed by atoms with van der Waals surface area (Å²) in [5.41, 5.74) is 8.50. The molecule has 0 heterocycles. The maximum Gasteiger partial charge on any atom is 0.224 e. The highest BCUT2D eigenvalue weighted by molar-refractivity contribution is 5.79. The number of nitrogens with two attached hydrogens (primary N) is 1. The smallest absolute Gasteiger partial charge is 0.224 e. The molecule has 2 rings (SSSR count). The van der Waals surface area contributed by atoms with Crippen molar-refractivity contribution < 1.29 is 4.79 Å². The zero-order valence-electron chi connectivity index (χ0n) is 11.7. The maximum atomic E-state index is 12.1. The lowest BCUT2D eigenvalue weighted by atomic mass is 9.84. The van der Waals surface area contributed by atoms with Crippen molar-refractivity contribution in [2.45, 2.75) is 51.6 Å². The highest BCUT2D eigenvalue weighted by Crippen LogP contribution is 2.23. The van der Waals surface area contributed by atoms with E-state index in [0.29, 0.717) is 6.54 Å². The second kappa shape index (κ2) is 6.71. The van der Waals surface area contributed by atoms with E-state index in [2.05, 4.69) is 36.5 Å². The Kier molecular flexibility index (Phi) is 4.97. The fourth-order valence-corrected chi connectivity index (χ4v) is 2.70. The second-order valence-electron chi connectivity index (χ2n) is 5.44. The van der Waals surface area contributed by atoms with Crippen molar-refractivity contribution in [1.82, 2.24) is 5.32 Å². The number of aryl methyl sites for hydroxylation is 1. The highest BCUT2D eigenvalue weighted by atomic mass is 16.1. The summed E-state index contributed by atoms with van der Waals surface area (Å²) in [4.78, 5) is 12.1. The second-order valence-corrected chi connectivity index (χ2v) is 5.44. The molecule has 2 atom stereocenters. The van der Waals surface area contributed by atoms with Crippen LogP contribution < -0.4 is 11.1 Å². The molecule has 1 aliphatic rings. The molecule has 3 N–H and O–H groups in total. The first-order chi connectivity index (χ1) is 9.20. The SMILES string of the molecule is CCc1ccc(CNC(=O)C2CCCCC2N)cc1. The van der Waals surface area contributed by atoms with Gasteiger partial charge in [-0.2, -0.15) is 0 Å². The first-order valence-electron chi connectivity index (χ1n) is 7.32. The largest absolute Gasteiger partial charge is 0.352 e. The van der Waals surface area contributed by atoms with Crippen LogP contribution in [-0.2, 0) is 17.8 Å². The number of hydrogen-bond donors (Lipinski definition) is 2. The van der Waals surface area contributed by atoms with Gasteiger partial charge in [0.25, 0.3) is 0 Å². The first kappa shape index (κ1) is 14.1. The molecule has 0 spiro atoms. The third kappa shape index (κ3) is 3.80. The number of amides is 1. The third-order valence-corrected chi connectivity index (χ3v) is 4.05. The summed E-state index contributed by atoms with van der Waals surface area (Å²) in [6.45, 7) is 2.74. The predicted molar refractivity (Wildman–Crippen MR) is 77.6 cm³/mol. The zero-order chi connectivity index (χ0) is 13.7. The molecule has 0 aliphatic heterocycles. The van der Waals surface area contributed by atoms with Crippen LogP contribution >= 0.6 is 0 Å². The molecule has 0 bridgehead atoms. The van der Waals surface area contributed by atoms with Gasteiger partial charge in [0, 0.05) is 12.6 Å². The molecule has 3 heteroatoms. The molecule has 3 nitrogen and oxygen atoms in total. The van der Waals surface area contributed by atoms with Gasteiger partial charge in [-0.25, -0.2) is 0 Å². The van der Waals surface area contributed by atoms with Crippen LogP contribution in [0.15, 0.2) is 24.3 Å². The molecule has 0 radical (unpaired) electrons. The number of nitrogens with one attached hydrogen (secondary N) is 1. The molecule has 0 saturated heterocycles. The Morgan fingerprint density at radius 3 is 2.47 bits per heavy atom. The number of hydrogen-bond acceptors (Lipinski definition) is 2. The van der Waals surface area contributed by atoms with E-state index in [1.165, 1.54) is 5.56 Å². The summed E-state index contributed by atoms with van der Waals surface area (Å²) in [5, 5.41) is 3.02. The number of carbonyl (C=O) groups excluding carboxylic acids is 1. The van der Waals surface area contributed by atoms with Crippen LogP contribution in [0.3, 0.4) is 0 Å². The van der Waals surface area contributed by atoms with Crippen molar-refractivity contribution in [3.63, 3.8) is 0 Å². The van der Waals surface area contributed by atoms with Gasteiger partial charge in [-0.15, -0.1) is 0 Å². The van der Waals surface area contributed by atoms with Crippen LogP contribution in [0.5, 0.6) is 0 Å². The lowest BCUT2D eigenvalue weighted by molar-refractivity contribution is -0.126. The molecule has 1 aromatic rings. The molecular weight excluding hydrogens is 236 g/mol. The maximum absolute atomic E-state index is 12.1. The summed E-state index contributed by atoms with van der Waals surface area (Å²) >= 11 is 0. The highest BCUT2D eigenvalue weighted by Gasteiger charge is 2.27. The quantitative estimate of drug-likeness (QED) is 0.873. The standard InChI is InChI=1S/C16H24N2O/c1-2-12-7-9-13(10-8-12)11-18-16(19)14-5-3-4-6-15(14)17/h7-10,14-15H,2-6,11,17H2,1H3,(H,18,19). The van der Waals surface area contributed by atoms with Gasteiger partial charge in [0.15, 0.2) is 0 Å².